The third-order valence-electron chi connectivity index (χ3n) is 5.66. The molecule has 0 aromatic heterocycles. The number of anilines is 1. The van der Waals surface area contributed by atoms with Crippen LogP contribution in [0.2, 0.25) is 0 Å². The minimum atomic E-state index is -0.427. The highest BCUT2D eigenvalue weighted by Crippen LogP contribution is 2.52. The van der Waals surface area contributed by atoms with Crippen LogP contribution in [-0.4, -0.2) is 16.6 Å². The van der Waals surface area contributed by atoms with Crippen LogP contribution in [0.3, 0.4) is 0 Å². The topological polar surface area (TPSA) is 84.6 Å². The molecule has 0 bridgehead atoms. The lowest BCUT2D eigenvalue weighted by Crippen LogP contribution is -2.29. The number of nitro groups is 1. The third kappa shape index (κ3) is 3.30. The Morgan fingerprint density at radius 3 is 2.89 bits per heavy atom. The van der Waals surface area contributed by atoms with E-state index in [9.17, 15) is 15.2 Å². The Morgan fingerprint density at radius 2 is 2.11 bits per heavy atom. The van der Waals surface area contributed by atoms with Crippen molar-refractivity contribution < 1.29 is 14.8 Å². The van der Waals surface area contributed by atoms with E-state index in [0.717, 1.165) is 30.7 Å². The predicted octanol–water partition coefficient (Wildman–Crippen LogP) is 5.31. The first-order valence-electron chi connectivity index (χ1n) is 9.75. The number of unbranched alkanes of at least 4 members (excludes halogenated alkanes) is 1. The molecule has 0 saturated carbocycles. The summed E-state index contributed by atoms with van der Waals surface area (Å²) in [5.74, 6) is 1.32. The van der Waals surface area contributed by atoms with Crippen molar-refractivity contribution in [2.75, 3.05) is 11.9 Å². The zero-order valence-electron chi connectivity index (χ0n) is 15.8. The summed E-state index contributed by atoms with van der Waals surface area (Å²) in [6.45, 7) is 2.84. The molecular formula is C22H24N2O4. The molecule has 6 nitrogen and oxygen atoms in total. The van der Waals surface area contributed by atoms with Crippen LogP contribution in [0.1, 0.15) is 49.3 Å². The summed E-state index contributed by atoms with van der Waals surface area (Å²) in [5, 5.41) is 25.1. The number of nitro benzene ring substituents is 1. The van der Waals surface area contributed by atoms with Crippen molar-refractivity contribution in [2.45, 2.75) is 38.1 Å². The standard InChI is InChI=1S/C22H24N2O4/c1-2-3-11-28-15-8-9-20-18(13-15)16-5-4-6-17(16)22(23-20)19-12-14(24(26)27)7-10-21(19)25/h4-5,7-10,12-13,16-17,22-23,25H,2-3,6,11H2,1H3. The summed E-state index contributed by atoms with van der Waals surface area (Å²) in [6.07, 6.45) is 7.31. The van der Waals surface area contributed by atoms with Gasteiger partial charge in [0.15, 0.2) is 0 Å². The number of hydrogen-bond acceptors (Lipinski definition) is 5. The fraction of sp³-hybridized carbons (Fsp3) is 0.364. The summed E-state index contributed by atoms with van der Waals surface area (Å²) in [5.41, 5.74) is 2.71. The second kappa shape index (κ2) is 7.54. The van der Waals surface area contributed by atoms with E-state index in [4.69, 9.17) is 4.74 Å². The van der Waals surface area contributed by atoms with Crippen LogP contribution < -0.4 is 10.1 Å². The van der Waals surface area contributed by atoms with E-state index >= 15 is 0 Å². The Bertz CT molecular complexity index is 925. The van der Waals surface area contributed by atoms with Crippen LogP contribution in [0, 0.1) is 16.0 Å². The van der Waals surface area contributed by atoms with E-state index in [-0.39, 0.29) is 29.3 Å². The van der Waals surface area contributed by atoms with Gasteiger partial charge in [0, 0.05) is 29.3 Å². The Kier molecular flexibility index (Phi) is 4.94. The molecule has 0 saturated heterocycles. The number of fused-ring (bicyclic) bond motifs is 3. The number of phenolic OH excluding ortho intramolecular Hbond substituents is 1. The molecule has 0 spiro atoms. The molecule has 6 heteroatoms. The molecule has 146 valence electrons. The number of phenols is 1. The lowest BCUT2D eigenvalue weighted by atomic mass is 9.76. The zero-order chi connectivity index (χ0) is 19.7. The summed E-state index contributed by atoms with van der Waals surface area (Å²) in [6, 6.07) is 10.1. The van der Waals surface area contributed by atoms with Crippen LogP contribution in [0.15, 0.2) is 48.6 Å². The van der Waals surface area contributed by atoms with E-state index in [2.05, 4.69) is 30.5 Å². The van der Waals surface area contributed by atoms with Gasteiger partial charge in [-0.1, -0.05) is 25.5 Å². The molecule has 1 aliphatic heterocycles. The number of rotatable bonds is 6. The number of hydrogen-bond donors (Lipinski definition) is 2. The van der Waals surface area contributed by atoms with Crippen molar-refractivity contribution in [3.63, 3.8) is 0 Å². The molecule has 2 aromatic carbocycles. The Hall–Kier alpha value is -3.02. The molecular weight excluding hydrogens is 356 g/mol. The van der Waals surface area contributed by atoms with Gasteiger partial charge < -0.3 is 15.2 Å². The predicted molar refractivity (Wildman–Crippen MR) is 108 cm³/mol. The minimum absolute atomic E-state index is 0.0115. The van der Waals surface area contributed by atoms with Crippen molar-refractivity contribution in [3.05, 3.63) is 69.8 Å². The molecule has 0 radical (unpaired) electrons. The second-order valence-electron chi connectivity index (χ2n) is 7.43. The number of non-ortho nitro benzene ring substituents is 1. The van der Waals surface area contributed by atoms with Crippen LogP contribution in [-0.2, 0) is 0 Å². The molecule has 2 N–H and O–H groups in total. The van der Waals surface area contributed by atoms with Gasteiger partial charge in [0.25, 0.3) is 5.69 Å². The van der Waals surface area contributed by atoms with Crippen LogP contribution in [0.5, 0.6) is 11.5 Å². The average molecular weight is 380 g/mol. The molecule has 3 atom stereocenters. The smallest absolute Gasteiger partial charge is 0.270 e. The molecule has 0 amide bonds. The van der Waals surface area contributed by atoms with Crippen molar-refractivity contribution >= 4 is 11.4 Å². The van der Waals surface area contributed by atoms with Crippen molar-refractivity contribution in [3.8, 4) is 11.5 Å². The number of nitrogens with zero attached hydrogens (tertiary/aromatic N) is 1. The first-order chi connectivity index (χ1) is 13.6. The van der Waals surface area contributed by atoms with Crippen LogP contribution >= 0.6 is 0 Å². The Labute approximate surface area is 164 Å². The molecule has 1 aliphatic carbocycles. The van der Waals surface area contributed by atoms with Gasteiger partial charge in [-0.2, -0.15) is 0 Å². The monoisotopic (exact) mass is 380 g/mol. The van der Waals surface area contributed by atoms with E-state index in [0.29, 0.717) is 12.2 Å². The highest BCUT2D eigenvalue weighted by atomic mass is 16.6. The quantitative estimate of drug-likeness (QED) is 0.307. The molecule has 0 fully saturated rings. The van der Waals surface area contributed by atoms with Gasteiger partial charge in [-0.15, -0.1) is 0 Å². The number of benzene rings is 2. The number of ether oxygens (including phenoxy) is 1. The highest BCUT2D eigenvalue weighted by Gasteiger charge is 2.39. The SMILES string of the molecule is CCCCOc1ccc2c(c1)C1C=CCC1C(c1cc([N+](=O)[O-])ccc1O)N2. The Balaban J connectivity index is 1.68. The lowest BCUT2D eigenvalue weighted by Gasteiger charge is -2.37. The van der Waals surface area contributed by atoms with Gasteiger partial charge in [0.1, 0.15) is 11.5 Å². The van der Waals surface area contributed by atoms with E-state index in [1.807, 2.05) is 12.1 Å². The van der Waals surface area contributed by atoms with Crippen LogP contribution in [0.25, 0.3) is 0 Å². The number of allylic oxidation sites excluding steroid dienone is 2. The summed E-state index contributed by atoms with van der Waals surface area (Å²) >= 11 is 0. The average Bonchev–Trinajstić information content (AvgIpc) is 3.18. The van der Waals surface area contributed by atoms with Gasteiger partial charge in [-0.05, 0) is 48.6 Å². The summed E-state index contributed by atoms with van der Waals surface area (Å²) in [4.78, 5) is 10.8. The number of aromatic hydroxyl groups is 1. The van der Waals surface area contributed by atoms with Gasteiger partial charge in [-0.3, -0.25) is 10.1 Å². The normalized spacial score (nSPS) is 22.2. The molecule has 3 unspecified atom stereocenters. The van der Waals surface area contributed by atoms with Crippen LogP contribution in [0.4, 0.5) is 11.4 Å². The van der Waals surface area contributed by atoms with Gasteiger partial charge >= 0.3 is 0 Å². The van der Waals surface area contributed by atoms with E-state index in [1.54, 1.807) is 0 Å². The maximum absolute atomic E-state index is 11.2. The van der Waals surface area contributed by atoms with Crippen molar-refractivity contribution in [2.24, 2.45) is 5.92 Å². The fourth-order valence-corrected chi connectivity index (χ4v) is 4.21. The van der Waals surface area contributed by atoms with Crippen molar-refractivity contribution in [1.82, 2.24) is 0 Å². The first kappa shape index (κ1) is 18.3. The van der Waals surface area contributed by atoms with Crippen molar-refractivity contribution in [1.29, 1.82) is 0 Å². The zero-order valence-corrected chi connectivity index (χ0v) is 15.8. The van der Waals surface area contributed by atoms with E-state index in [1.165, 1.54) is 23.8 Å². The van der Waals surface area contributed by atoms with E-state index < -0.39 is 4.92 Å². The molecule has 4 rings (SSSR count). The lowest BCUT2D eigenvalue weighted by molar-refractivity contribution is -0.385. The minimum Gasteiger partial charge on any atom is -0.508 e. The molecule has 1 heterocycles. The fourth-order valence-electron chi connectivity index (χ4n) is 4.21. The largest absolute Gasteiger partial charge is 0.508 e. The summed E-state index contributed by atoms with van der Waals surface area (Å²) in [7, 11) is 0. The van der Waals surface area contributed by atoms with Gasteiger partial charge in [0.05, 0.1) is 17.6 Å². The summed E-state index contributed by atoms with van der Waals surface area (Å²) < 4.78 is 5.87. The maximum Gasteiger partial charge on any atom is 0.270 e. The number of nitrogens with one attached hydrogen (secondary N) is 1. The Morgan fingerprint density at radius 1 is 1.25 bits per heavy atom. The maximum atomic E-state index is 11.2. The molecule has 2 aliphatic rings. The van der Waals surface area contributed by atoms with Gasteiger partial charge in [0.2, 0.25) is 0 Å². The molecule has 28 heavy (non-hydrogen) atoms. The third-order valence-corrected chi connectivity index (χ3v) is 5.66. The highest BCUT2D eigenvalue weighted by molar-refractivity contribution is 5.63. The van der Waals surface area contributed by atoms with Gasteiger partial charge in [-0.25, -0.2) is 0 Å². The second-order valence-corrected chi connectivity index (χ2v) is 7.43. The first-order valence-corrected chi connectivity index (χ1v) is 9.75. The molecule has 2 aromatic rings.